The second kappa shape index (κ2) is 5.50. The van der Waals surface area contributed by atoms with Crippen LogP contribution in [0, 0.1) is 5.82 Å². The van der Waals surface area contributed by atoms with E-state index in [1.165, 1.54) is 24.3 Å². The highest BCUT2D eigenvalue weighted by Gasteiger charge is 2.07. The molecular weight excluding hydrogens is 322 g/mol. The van der Waals surface area contributed by atoms with Crippen molar-refractivity contribution < 1.29 is 13.9 Å². The zero-order valence-corrected chi connectivity index (χ0v) is 11.3. The third kappa shape index (κ3) is 2.89. The number of hydrogen-bond acceptors (Lipinski definition) is 2. The minimum absolute atomic E-state index is 0.0909. The normalized spacial score (nSPS) is 10.2. The molecule has 2 rings (SSSR count). The van der Waals surface area contributed by atoms with Gasteiger partial charge in [-0.1, -0.05) is 27.5 Å². The molecule has 92 valence electrons. The average Bonchev–Trinajstić information content (AvgIpc) is 2.33. The predicted octanol–water partition coefficient (Wildman–Crippen LogP) is 4.85. The second-order valence-electron chi connectivity index (χ2n) is 3.48. The number of rotatable bonds is 3. The first-order chi connectivity index (χ1) is 8.60. The Labute approximate surface area is 116 Å². The highest BCUT2D eigenvalue weighted by Crippen LogP contribution is 2.29. The van der Waals surface area contributed by atoms with Crippen LogP contribution >= 0.6 is 27.5 Å². The van der Waals surface area contributed by atoms with E-state index in [1.54, 1.807) is 12.1 Å². The largest absolute Gasteiger partial charge is 0.454 e. The van der Waals surface area contributed by atoms with Gasteiger partial charge in [-0.3, -0.25) is 4.79 Å². The number of carbonyl (C=O) groups excluding carboxylic acids is 1. The third-order valence-electron chi connectivity index (χ3n) is 2.22. The van der Waals surface area contributed by atoms with Gasteiger partial charge in [0.05, 0.1) is 5.02 Å². The lowest BCUT2D eigenvalue weighted by Gasteiger charge is -2.08. The number of aldehydes is 1. The van der Waals surface area contributed by atoms with Crippen LogP contribution in [0.25, 0.3) is 0 Å². The quantitative estimate of drug-likeness (QED) is 0.753. The lowest BCUT2D eigenvalue weighted by molar-refractivity contribution is 0.112. The molecule has 0 heterocycles. The van der Waals surface area contributed by atoms with Crippen molar-refractivity contribution in [3.8, 4) is 11.5 Å². The molecule has 0 spiro atoms. The topological polar surface area (TPSA) is 26.3 Å². The Morgan fingerprint density at radius 2 is 2.00 bits per heavy atom. The van der Waals surface area contributed by atoms with Crippen LogP contribution < -0.4 is 4.74 Å². The number of benzene rings is 2. The van der Waals surface area contributed by atoms with Crippen LogP contribution in [0.4, 0.5) is 4.39 Å². The predicted molar refractivity (Wildman–Crippen MR) is 71.0 cm³/mol. The summed E-state index contributed by atoms with van der Waals surface area (Å²) in [4.78, 5) is 10.6. The molecule has 0 saturated heterocycles. The number of carbonyl (C=O) groups is 1. The van der Waals surface area contributed by atoms with E-state index in [4.69, 9.17) is 16.3 Å². The van der Waals surface area contributed by atoms with Crippen molar-refractivity contribution in [2.24, 2.45) is 0 Å². The fraction of sp³-hybridized carbons (Fsp3) is 0. The van der Waals surface area contributed by atoms with Gasteiger partial charge in [0.1, 0.15) is 5.75 Å². The third-order valence-corrected chi connectivity index (χ3v) is 3.04. The van der Waals surface area contributed by atoms with E-state index < -0.39 is 5.82 Å². The van der Waals surface area contributed by atoms with Crippen LogP contribution in [-0.2, 0) is 0 Å². The van der Waals surface area contributed by atoms with E-state index in [0.717, 1.165) is 0 Å². The highest BCUT2D eigenvalue weighted by molar-refractivity contribution is 9.10. The summed E-state index contributed by atoms with van der Waals surface area (Å²) in [7, 11) is 0. The molecule has 0 aliphatic rings. The van der Waals surface area contributed by atoms with E-state index in [0.29, 0.717) is 22.1 Å². The van der Waals surface area contributed by atoms with Crippen molar-refractivity contribution in [3.63, 3.8) is 0 Å². The molecule has 0 unspecified atom stereocenters. The molecule has 0 fully saturated rings. The summed E-state index contributed by atoms with van der Waals surface area (Å²) in [5, 5.41) is 0.264. The van der Waals surface area contributed by atoms with Crippen molar-refractivity contribution in [1.29, 1.82) is 0 Å². The minimum atomic E-state index is -0.486. The highest BCUT2D eigenvalue weighted by atomic mass is 79.9. The summed E-state index contributed by atoms with van der Waals surface area (Å²) in [6, 6.07) is 9.00. The Bertz CT molecular complexity index is 602. The second-order valence-corrected chi connectivity index (χ2v) is 4.80. The lowest BCUT2D eigenvalue weighted by Crippen LogP contribution is -1.90. The van der Waals surface area contributed by atoms with Crippen LogP contribution in [0.2, 0.25) is 5.02 Å². The van der Waals surface area contributed by atoms with E-state index in [2.05, 4.69) is 15.9 Å². The van der Waals surface area contributed by atoms with Crippen molar-refractivity contribution in [2.45, 2.75) is 0 Å². The molecule has 0 aromatic heterocycles. The van der Waals surface area contributed by atoms with Crippen LogP contribution in [0.15, 0.2) is 40.9 Å². The molecule has 0 N–H and O–H groups in total. The van der Waals surface area contributed by atoms with Gasteiger partial charge in [-0.2, -0.15) is 0 Å². The zero-order valence-electron chi connectivity index (χ0n) is 8.99. The molecular formula is C13H7BrClFO2. The van der Waals surface area contributed by atoms with E-state index in [9.17, 15) is 9.18 Å². The Morgan fingerprint density at radius 1 is 1.22 bits per heavy atom. The Morgan fingerprint density at radius 3 is 2.61 bits per heavy atom. The van der Waals surface area contributed by atoms with Crippen LogP contribution in [-0.4, -0.2) is 6.29 Å². The van der Waals surface area contributed by atoms with Gasteiger partial charge in [-0.05, 0) is 30.3 Å². The van der Waals surface area contributed by atoms with Crippen LogP contribution in [0.5, 0.6) is 11.5 Å². The summed E-state index contributed by atoms with van der Waals surface area (Å²) in [6.45, 7) is 0. The van der Waals surface area contributed by atoms with Crippen molar-refractivity contribution in [2.75, 3.05) is 0 Å². The van der Waals surface area contributed by atoms with Gasteiger partial charge in [0.15, 0.2) is 17.9 Å². The molecule has 0 aliphatic carbocycles. The van der Waals surface area contributed by atoms with Crippen molar-refractivity contribution in [3.05, 3.63) is 57.3 Å². The lowest BCUT2D eigenvalue weighted by atomic mass is 10.2. The van der Waals surface area contributed by atoms with Gasteiger partial charge in [0.2, 0.25) is 0 Å². The molecule has 18 heavy (non-hydrogen) atoms. The maximum Gasteiger partial charge on any atom is 0.166 e. The summed E-state index contributed by atoms with van der Waals surface area (Å²) >= 11 is 9.00. The van der Waals surface area contributed by atoms with E-state index in [1.807, 2.05) is 0 Å². The first-order valence-electron chi connectivity index (χ1n) is 4.98. The van der Waals surface area contributed by atoms with Crippen LogP contribution in [0.3, 0.4) is 0 Å². The molecule has 2 aromatic carbocycles. The van der Waals surface area contributed by atoms with E-state index >= 15 is 0 Å². The van der Waals surface area contributed by atoms with Crippen molar-refractivity contribution >= 4 is 33.8 Å². The molecule has 2 nitrogen and oxygen atoms in total. The molecule has 0 amide bonds. The van der Waals surface area contributed by atoms with Gasteiger partial charge >= 0.3 is 0 Å². The summed E-state index contributed by atoms with van der Waals surface area (Å²) in [5.74, 6) is -0.0279. The zero-order chi connectivity index (χ0) is 13.1. The Balaban J connectivity index is 2.28. The molecule has 0 saturated carbocycles. The first-order valence-corrected chi connectivity index (χ1v) is 6.15. The summed E-state index contributed by atoms with van der Waals surface area (Å²) in [6.07, 6.45) is 0.645. The standard InChI is InChI=1S/C13H7BrClFO2/c14-9-2-4-13(12(16)5-9)18-10-3-1-8(7-17)11(15)6-10/h1-7H. The van der Waals surface area contributed by atoms with Gasteiger partial charge in [0, 0.05) is 16.1 Å². The van der Waals surface area contributed by atoms with Gasteiger partial charge in [-0.15, -0.1) is 0 Å². The number of halogens is 3. The maximum atomic E-state index is 13.5. The van der Waals surface area contributed by atoms with Gasteiger partial charge < -0.3 is 4.74 Å². The smallest absolute Gasteiger partial charge is 0.166 e. The molecule has 0 bridgehead atoms. The monoisotopic (exact) mass is 328 g/mol. The Kier molecular flexibility index (Phi) is 3.99. The molecule has 0 aliphatic heterocycles. The summed E-state index contributed by atoms with van der Waals surface area (Å²) < 4.78 is 19.5. The van der Waals surface area contributed by atoms with Crippen LogP contribution in [0.1, 0.15) is 10.4 Å². The number of hydrogen-bond donors (Lipinski definition) is 0. The fourth-order valence-corrected chi connectivity index (χ4v) is 1.90. The fourth-order valence-electron chi connectivity index (χ4n) is 1.35. The number of ether oxygens (including phenoxy) is 1. The summed E-state index contributed by atoms with van der Waals surface area (Å²) in [5.41, 5.74) is 0.361. The first kappa shape index (κ1) is 13.1. The van der Waals surface area contributed by atoms with Gasteiger partial charge in [-0.25, -0.2) is 4.39 Å². The molecule has 0 atom stereocenters. The Hall–Kier alpha value is -1.39. The molecule has 5 heteroatoms. The SMILES string of the molecule is O=Cc1ccc(Oc2ccc(Br)cc2F)cc1Cl. The molecule has 2 aromatic rings. The van der Waals surface area contributed by atoms with Gasteiger partial charge in [0.25, 0.3) is 0 Å². The maximum absolute atomic E-state index is 13.5. The van der Waals surface area contributed by atoms with E-state index in [-0.39, 0.29) is 10.8 Å². The minimum Gasteiger partial charge on any atom is -0.454 e. The average molecular weight is 330 g/mol. The molecule has 0 radical (unpaired) electrons. The van der Waals surface area contributed by atoms with Crippen molar-refractivity contribution in [1.82, 2.24) is 0 Å².